The number of carbonyl (C=O) groups excluding carboxylic acids is 2. The zero-order valence-electron chi connectivity index (χ0n) is 14.0. The maximum Gasteiger partial charge on any atom is 0.270 e. The summed E-state index contributed by atoms with van der Waals surface area (Å²) in [6.45, 7) is 3.85. The van der Waals surface area contributed by atoms with E-state index in [0.29, 0.717) is 11.3 Å². The summed E-state index contributed by atoms with van der Waals surface area (Å²) < 4.78 is 0. The van der Waals surface area contributed by atoms with Crippen LogP contribution in [0.4, 0.5) is 11.4 Å². The summed E-state index contributed by atoms with van der Waals surface area (Å²) in [6, 6.07) is 12.0. The van der Waals surface area contributed by atoms with E-state index in [2.05, 4.69) is 10.6 Å². The van der Waals surface area contributed by atoms with Crippen molar-refractivity contribution in [2.45, 2.75) is 26.3 Å². The van der Waals surface area contributed by atoms with Crippen LogP contribution in [0.1, 0.15) is 41.0 Å². The SMILES string of the molecule is CC[C@@H](C)NC(=O)c1ccccc1NC(=O)c1cccc([N+](=O)[O-])c1. The lowest BCUT2D eigenvalue weighted by Gasteiger charge is -2.14. The van der Waals surface area contributed by atoms with Crippen LogP contribution in [0.15, 0.2) is 48.5 Å². The Bertz CT molecular complexity index is 804. The van der Waals surface area contributed by atoms with Crippen molar-refractivity contribution < 1.29 is 14.5 Å². The minimum Gasteiger partial charge on any atom is -0.350 e. The molecule has 2 rings (SSSR count). The van der Waals surface area contributed by atoms with Crippen LogP contribution < -0.4 is 10.6 Å². The maximum absolute atomic E-state index is 12.4. The smallest absolute Gasteiger partial charge is 0.270 e. The molecule has 0 aliphatic rings. The van der Waals surface area contributed by atoms with Gasteiger partial charge < -0.3 is 10.6 Å². The van der Waals surface area contributed by atoms with Crippen molar-refractivity contribution in [3.05, 3.63) is 69.8 Å². The number of benzene rings is 2. The average molecular weight is 341 g/mol. The highest BCUT2D eigenvalue weighted by Crippen LogP contribution is 2.18. The van der Waals surface area contributed by atoms with Crippen LogP contribution in [0.2, 0.25) is 0 Å². The van der Waals surface area contributed by atoms with Crippen LogP contribution in [-0.4, -0.2) is 22.8 Å². The van der Waals surface area contributed by atoms with Crippen molar-refractivity contribution in [2.24, 2.45) is 0 Å². The molecule has 0 unspecified atom stereocenters. The number of hydrogen-bond acceptors (Lipinski definition) is 4. The zero-order valence-corrected chi connectivity index (χ0v) is 14.0. The van der Waals surface area contributed by atoms with Gasteiger partial charge in [0, 0.05) is 23.7 Å². The van der Waals surface area contributed by atoms with E-state index in [1.54, 1.807) is 24.3 Å². The molecule has 7 heteroatoms. The minimum absolute atomic E-state index is 0.00744. The number of anilines is 1. The van der Waals surface area contributed by atoms with Crippen molar-refractivity contribution in [1.29, 1.82) is 0 Å². The van der Waals surface area contributed by atoms with E-state index < -0.39 is 10.8 Å². The van der Waals surface area contributed by atoms with Crippen LogP contribution >= 0.6 is 0 Å². The topological polar surface area (TPSA) is 101 Å². The van der Waals surface area contributed by atoms with E-state index >= 15 is 0 Å². The first-order valence-electron chi connectivity index (χ1n) is 7.88. The number of carbonyl (C=O) groups is 2. The van der Waals surface area contributed by atoms with Crippen LogP contribution in [0.5, 0.6) is 0 Å². The molecule has 0 aliphatic heterocycles. The average Bonchev–Trinajstić information content (AvgIpc) is 2.62. The Labute approximate surface area is 145 Å². The Hall–Kier alpha value is -3.22. The third kappa shape index (κ3) is 4.63. The molecule has 0 bridgehead atoms. The summed E-state index contributed by atoms with van der Waals surface area (Å²) in [4.78, 5) is 35.0. The second-order valence-corrected chi connectivity index (χ2v) is 5.59. The Kier molecular flexibility index (Phi) is 5.84. The molecular formula is C18H19N3O4. The monoisotopic (exact) mass is 341 g/mol. The highest BCUT2D eigenvalue weighted by molar-refractivity contribution is 6.09. The molecule has 7 nitrogen and oxygen atoms in total. The number of rotatable bonds is 6. The maximum atomic E-state index is 12.4. The molecule has 0 saturated heterocycles. The number of nitrogens with one attached hydrogen (secondary N) is 2. The van der Waals surface area contributed by atoms with Gasteiger partial charge in [0.25, 0.3) is 17.5 Å². The van der Waals surface area contributed by atoms with Crippen LogP contribution in [-0.2, 0) is 0 Å². The number of amides is 2. The third-order valence-corrected chi connectivity index (χ3v) is 3.73. The summed E-state index contributed by atoms with van der Waals surface area (Å²) in [7, 11) is 0. The summed E-state index contributed by atoms with van der Waals surface area (Å²) in [5, 5.41) is 16.3. The predicted molar refractivity (Wildman–Crippen MR) is 94.7 cm³/mol. The summed E-state index contributed by atoms with van der Waals surface area (Å²) in [5.74, 6) is -0.809. The Morgan fingerprint density at radius 3 is 2.52 bits per heavy atom. The van der Waals surface area contributed by atoms with Crippen molar-refractivity contribution in [3.8, 4) is 0 Å². The van der Waals surface area contributed by atoms with E-state index in [4.69, 9.17) is 0 Å². The molecule has 0 radical (unpaired) electrons. The molecule has 0 spiro atoms. The predicted octanol–water partition coefficient (Wildman–Crippen LogP) is 3.38. The van der Waals surface area contributed by atoms with Crippen molar-refractivity contribution in [1.82, 2.24) is 5.32 Å². The van der Waals surface area contributed by atoms with Gasteiger partial charge >= 0.3 is 0 Å². The van der Waals surface area contributed by atoms with Gasteiger partial charge in [-0.25, -0.2) is 0 Å². The highest BCUT2D eigenvalue weighted by atomic mass is 16.6. The highest BCUT2D eigenvalue weighted by Gasteiger charge is 2.16. The van der Waals surface area contributed by atoms with Crippen LogP contribution in [0.25, 0.3) is 0 Å². The molecule has 1 atom stereocenters. The fourth-order valence-electron chi connectivity index (χ4n) is 2.15. The summed E-state index contributed by atoms with van der Waals surface area (Å²) in [5.41, 5.74) is 0.656. The van der Waals surface area contributed by atoms with Gasteiger partial charge in [-0.15, -0.1) is 0 Å². The Morgan fingerprint density at radius 1 is 1.12 bits per heavy atom. The molecule has 25 heavy (non-hydrogen) atoms. The third-order valence-electron chi connectivity index (χ3n) is 3.73. The van der Waals surface area contributed by atoms with Gasteiger partial charge in [-0.05, 0) is 31.5 Å². The lowest BCUT2D eigenvalue weighted by Crippen LogP contribution is -2.32. The molecule has 0 saturated carbocycles. The second-order valence-electron chi connectivity index (χ2n) is 5.59. The van der Waals surface area contributed by atoms with E-state index in [-0.39, 0.29) is 23.2 Å². The number of hydrogen-bond donors (Lipinski definition) is 2. The van der Waals surface area contributed by atoms with E-state index in [0.717, 1.165) is 6.42 Å². The lowest BCUT2D eigenvalue weighted by molar-refractivity contribution is -0.384. The summed E-state index contributed by atoms with van der Waals surface area (Å²) >= 11 is 0. The normalized spacial score (nSPS) is 11.4. The number of nitro benzene ring substituents is 1. The molecule has 2 N–H and O–H groups in total. The second kappa shape index (κ2) is 8.05. The Balaban J connectivity index is 2.23. The van der Waals surface area contributed by atoms with Crippen molar-refractivity contribution in [3.63, 3.8) is 0 Å². The standard InChI is InChI=1S/C18H19N3O4/c1-3-12(2)19-18(23)15-9-4-5-10-16(15)20-17(22)13-7-6-8-14(11-13)21(24)25/h4-12H,3H2,1-2H3,(H,19,23)(H,20,22)/t12-/m1/s1. The van der Waals surface area contributed by atoms with E-state index in [1.165, 1.54) is 24.3 Å². The van der Waals surface area contributed by atoms with Gasteiger partial charge in [-0.2, -0.15) is 0 Å². The van der Waals surface area contributed by atoms with Crippen molar-refractivity contribution in [2.75, 3.05) is 5.32 Å². The summed E-state index contributed by atoms with van der Waals surface area (Å²) in [6.07, 6.45) is 0.786. The van der Waals surface area contributed by atoms with Gasteiger partial charge in [-0.1, -0.05) is 25.1 Å². The van der Waals surface area contributed by atoms with Gasteiger partial charge in [0.15, 0.2) is 0 Å². The quantitative estimate of drug-likeness (QED) is 0.621. The molecular weight excluding hydrogens is 322 g/mol. The zero-order chi connectivity index (χ0) is 18.4. The number of nitro groups is 1. The van der Waals surface area contributed by atoms with Crippen LogP contribution in [0, 0.1) is 10.1 Å². The molecule has 0 fully saturated rings. The first kappa shape index (κ1) is 18.1. The number of nitrogens with zero attached hydrogens (tertiary/aromatic N) is 1. The van der Waals surface area contributed by atoms with E-state index in [9.17, 15) is 19.7 Å². The van der Waals surface area contributed by atoms with Crippen molar-refractivity contribution >= 4 is 23.2 Å². The van der Waals surface area contributed by atoms with E-state index in [1.807, 2.05) is 13.8 Å². The van der Waals surface area contributed by atoms with Gasteiger partial charge in [-0.3, -0.25) is 19.7 Å². The fourth-order valence-corrected chi connectivity index (χ4v) is 2.15. The first-order valence-corrected chi connectivity index (χ1v) is 7.88. The molecule has 130 valence electrons. The first-order chi connectivity index (χ1) is 11.9. The fraction of sp³-hybridized carbons (Fsp3) is 0.222. The largest absolute Gasteiger partial charge is 0.350 e. The minimum atomic E-state index is -0.565. The molecule has 2 aromatic rings. The lowest BCUT2D eigenvalue weighted by atomic mass is 10.1. The molecule has 0 aliphatic carbocycles. The molecule has 0 aromatic heterocycles. The molecule has 2 aromatic carbocycles. The van der Waals surface area contributed by atoms with Gasteiger partial charge in [0.05, 0.1) is 16.2 Å². The number of non-ortho nitro benzene ring substituents is 1. The Morgan fingerprint density at radius 2 is 1.84 bits per heavy atom. The van der Waals surface area contributed by atoms with Gasteiger partial charge in [0.1, 0.15) is 0 Å². The molecule has 0 heterocycles. The number of para-hydroxylation sites is 1. The molecule has 2 amide bonds. The van der Waals surface area contributed by atoms with Crippen LogP contribution in [0.3, 0.4) is 0 Å². The van der Waals surface area contributed by atoms with Gasteiger partial charge in [0.2, 0.25) is 0 Å².